The molecule has 1 aromatic heterocycles. The Morgan fingerprint density at radius 1 is 1.24 bits per heavy atom. The number of anilines is 1. The van der Waals surface area contributed by atoms with Crippen LogP contribution in [0.2, 0.25) is 5.02 Å². The van der Waals surface area contributed by atoms with Crippen molar-refractivity contribution in [1.29, 1.82) is 5.26 Å². The van der Waals surface area contributed by atoms with Crippen LogP contribution in [0, 0.1) is 11.3 Å². The van der Waals surface area contributed by atoms with E-state index in [4.69, 9.17) is 17.3 Å². The number of nitrogens with one attached hydrogen (secondary N) is 1. The minimum Gasteiger partial charge on any atom is -0.399 e. The van der Waals surface area contributed by atoms with Gasteiger partial charge >= 0.3 is 0 Å². The molecular formula is C16H10ClN3O. The summed E-state index contributed by atoms with van der Waals surface area (Å²) in [6, 6.07) is 12.1. The number of hydrogen-bond acceptors (Lipinski definition) is 3. The number of fused-ring (bicyclic) bond motifs is 1. The van der Waals surface area contributed by atoms with Crippen molar-refractivity contribution in [2.75, 3.05) is 5.73 Å². The van der Waals surface area contributed by atoms with Crippen molar-refractivity contribution < 1.29 is 4.79 Å². The van der Waals surface area contributed by atoms with Gasteiger partial charge in [0.25, 0.3) is 0 Å². The van der Waals surface area contributed by atoms with Gasteiger partial charge in [-0.25, -0.2) is 0 Å². The molecule has 3 aromatic rings. The fourth-order valence-electron chi connectivity index (χ4n) is 2.32. The number of nitriles is 1. The summed E-state index contributed by atoms with van der Waals surface area (Å²) in [5, 5.41) is 10.1. The van der Waals surface area contributed by atoms with E-state index in [2.05, 4.69) is 11.1 Å². The van der Waals surface area contributed by atoms with Crippen LogP contribution in [-0.2, 0) is 0 Å². The summed E-state index contributed by atoms with van der Waals surface area (Å²) in [6.07, 6.45) is 1.59. The summed E-state index contributed by atoms with van der Waals surface area (Å²) in [7, 11) is 0. The van der Waals surface area contributed by atoms with Crippen LogP contribution in [0.25, 0.3) is 10.9 Å². The van der Waals surface area contributed by atoms with Crippen LogP contribution in [0.4, 0.5) is 5.69 Å². The van der Waals surface area contributed by atoms with Crippen LogP contribution in [-0.4, -0.2) is 10.8 Å². The number of ketones is 1. The highest BCUT2D eigenvalue weighted by molar-refractivity contribution is 6.35. The topological polar surface area (TPSA) is 82.7 Å². The number of carbonyl (C=O) groups is 1. The van der Waals surface area contributed by atoms with Gasteiger partial charge in [-0.05, 0) is 30.3 Å². The molecule has 3 N–H and O–H groups in total. The molecule has 0 radical (unpaired) electrons. The van der Waals surface area contributed by atoms with E-state index in [1.807, 2.05) is 6.07 Å². The molecule has 21 heavy (non-hydrogen) atoms. The summed E-state index contributed by atoms with van der Waals surface area (Å²) in [5.41, 5.74) is 8.09. The van der Waals surface area contributed by atoms with E-state index in [0.717, 1.165) is 5.52 Å². The second-order valence-electron chi connectivity index (χ2n) is 4.61. The van der Waals surface area contributed by atoms with Gasteiger partial charge in [0, 0.05) is 33.9 Å². The number of aromatic amines is 1. The zero-order valence-corrected chi connectivity index (χ0v) is 11.6. The maximum Gasteiger partial charge on any atom is 0.196 e. The van der Waals surface area contributed by atoms with Gasteiger partial charge in [0.1, 0.15) is 0 Å². The molecule has 0 atom stereocenters. The molecule has 0 aliphatic carbocycles. The largest absolute Gasteiger partial charge is 0.399 e. The molecule has 0 aliphatic rings. The summed E-state index contributed by atoms with van der Waals surface area (Å²) in [4.78, 5) is 15.7. The summed E-state index contributed by atoms with van der Waals surface area (Å²) < 4.78 is 0. The molecule has 0 saturated heterocycles. The van der Waals surface area contributed by atoms with E-state index in [1.165, 1.54) is 0 Å². The number of carbonyl (C=O) groups excluding carboxylic acids is 1. The highest BCUT2D eigenvalue weighted by Gasteiger charge is 2.19. The van der Waals surface area contributed by atoms with Crippen molar-refractivity contribution in [3.8, 4) is 6.07 Å². The number of hydrogen-bond donors (Lipinski definition) is 2. The van der Waals surface area contributed by atoms with Crippen LogP contribution in [0.3, 0.4) is 0 Å². The molecule has 1 heterocycles. The first kappa shape index (κ1) is 13.2. The Hall–Kier alpha value is -2.77. The fraction of sp³-hybridized carbons (Fsp3) is 0. The number of H-pyrrole nitrogens is 1. The van der Waals surface area contributed by atoms with Crippen LogP contribution >= 0.6 is 11.6 Å². The normalized spacial score (nSPS) is 10.5. The standard InChI is InChI=1S/C16H10ClN3O/c17-13-5-4-10(19)6-11(13)16(21)12-8-20-14-3-1-2-9(7-18)15(12)14/h1-6,8,20H,19H2. The van der Waals surface area contributed by atoms with Crippen molar-refractivity contribution in [2.45, 2.75) is 0 Å². The zero-order chi connectivity index (χ0) is 15.0. The minimum absolute atomic E-state index is 0.263. The Morgan fingerprint density at radius 3 is 2.81 bits per heavy atom. The maximum absolute atomic E-state index is 12.7. The lowest BCUT2D eigenvalue weighted by atomic mass is 9.99. The van der Waals surface area contributed by atoms with Crippen LogP contribution < -0.4 is 5.73 Å². The smallest absolute Gasteiger partial charge is 0.196 e. The molecular weight excluding hydrogens is 286 g/mol. The molecule has 0 unspecified atom stereocenters. The number of aromatic nitrogens is 1. The Balaban J connectivity index is 2.24. The summed E-state index contributed by atoms with van der Waals surface area (Å²) in [6.45, 7) is 0. The van der Waals surface area contributed by atoms with E-state index < -0.39 is 0 Å². The van der Waals surface area contributed by atoms with E-state index in [-0.39, 0.29) is 5.78 Å². The average Bonchev–Trinajstić information content (AvgIpc) is 2.93. The minimum atomic E-state index is -0.263. The Kier molecular flexibility index (Phi) is 3.13. The van der Waals surface area contributed by atoms with Crippen molar-refractivity contribution in [3.63, 3.8) is 0 Å². The van der Waals surface area contributed by atoms with Crippen molar-refractivity contribution >= 4 is 34.0 Å². The highest BCUT2D eigenvalue weighted by atomic mass is 35.5. The number of nitrogen functional groups attached to an aromatic ring is 1. The van der Waals surface area contributed by atoms with Gasteiger partial charge in [-0.1, -0.05) is 17.7 Å². The molecule has 2 aromatic carbocycles. The van der Waals surface area contributed by atoms with Gasteiger partial charge in [-0.3, -0.25) is 4.79 Å². The fourth-order valence-corrected chi connectivity index (χ4v) is 2.52. The molecule has 102 valence electrons. The quantitative estimate of drug-likeness (QED) is 0.560. The van der Waals surface area contributed by atoms with Gasteiger partial charge in [0.15, 0.2) is 5.78 Å². The van der Waals surface area contributed by atoms with Gasteiger partial charge < -0.3 is 10.7 Å². The third kappa shape index (κ3) is 2.14. The summed E-state index contributed by atoms with van der Waals surface area (Å²) in [5.74, 6) is -0.263. The first-order valence-corrected chi connectivity index (χ1v) is 6.59. The number of rotatable bonds is 2. The summed E-state index contributed by atoms with van der Waals surface area (Å²) >= 11 is 6.08. The van der Waals surface area contributed by atoms with Gasteiger partial charge in [0.05, 0.1) is 16.7 Å². The van der Waals surface area contributed by atoms with Crippen molar-refractivity contribution in [1.82, 2.24) is 4.98 Å². The lowest BCUT2D eigenvalue weighted by Crippen LogP contribution is -2.03. The molecule has 5 heteroatoms. The van der Waals surface area contributed by atoms with E-state index in [9.17, 15) is 10.1 Å². The van der Waals surface area contributed by atoms with Crippen LogP contribution in [0.15, 0.2) is 42.6 Å². The molecule has 0 fully saturated rings. The number of benzene rings is 2. The number of nitrogens with two attached hydrogens (primary N) is 1. The molecule has 0 spiro atoms. The number of nitrogens with zero attached hydrogens (tertiary/aromatic N) is 1. The lowest BCUT2D eigenvalue weighted by Gasteiger charge is -2.04. The highest BCUT2D eigenvalue weighted by Crippen LogP contribution is 2.28. The van der Waals surface area contributed by atoms with E-state index in [0.29, 0.717) is 32.8 Å². The molecule has 0 aliphatic heterocycles. The molecule has 0 amide bonds. The second kappa shape index (κ2) is 4.97. The monoisotopic (exact) mass is 295 g/mol. The average molecular weight is 296 g/mol. The molecule has 0 saturated carbocycles. The van der Waals surface area contributed by atoms with Gasteiger partial charge in [-0.2, -0.15) is 5.26 Å². The van der Waals surface area contributed by atoms with Crippen LogP contribution in [0.5, 0.6) is 0 Å². The first-order valence-electron chi connectivity index (χ1n) is 6.21. The Morgan fingerprint density at radius 2 is 2.05 bits per heavy atom. The zero-order valence-electron chi connectivity index (χ0n) is 10.9. The lowest BCUT2D eigenvalue weighted by molar-refractivity contribution is 0.104. The molecule has 4 nitrogen and oxygen atoms in total. The Labute approximate surface area is 125 Å². The van der Waals surface area contributed by atoms with Gasteiger partial charge in [-0.15, -0.1) is 0 Å². The van der Waals surface area contributed by atoms with Crippen LogP contribution in [0.1, 0.15) is 21.5 Å². The van der Waals surface area contributed by atoms with E-state index >= 15 is 0 Å². The van der Waals surface area contributed by atoms with E-state index in [1.54, 1.807) is 36.5 Å². The van der Waals surface area contributed by atoms with Crippen molar-refractivity contribution in [2.24, 2.45) is 0 Å². The molecule has 3 rings (SSSR count). The first-order chi connectivity index (χ1) is 10.1. The Bertz CT molecular complexity index is 906. The second-order valence-corrected chi connectivity index (χ2v) is 5.02. The predicted octanol–water partition coefficient (Wildman–Crippen LogP) is 3.51. The maximum atomic E-state index is 12.7. The SMILES string of the molecule is N#Cc1cccc2[nH]cc(C(=O)c3cc(N)ccc3Cl)c12. The third-order valence-electron chi connectivity index (χ3n) is 3.31. The predicted molar refractivity (Wildman–Crippen MR) is 82.3 cm³/mol. The van der Waals surface area contributed by atoms with Gasteiger partial charge in [0.2, 0.25) is 0 Å². The van der Waals surface area contributed by atoms with Crippen molar-refractivity contribution in [3.05, 3.63) is 64.3 Å². The number of halogens is 1. The molecule has 0 bridgehead atoms. The third-order valence-corrected chi connectivity index (χ3v) is 3.64.